The second-order valence-electron chi connectivity index (χ2n) is 3.45. The van der Waals surface area contributed by atoms with Gasteiger partial charge in [-0.3, -0.25) is 4.79 Å². The van der Waals surface area contributed by atoms with E-state index < -0.39 is 0 Å². The number of hydrogen-bond donors (Lipinski definition) is 1. The summed E-state index contributed by atoms with van der Waals surface area (Å²) in [6.45, 7) is 2.75. The van der Waals surface area contributed by atoms with Gasteiger partial charge in [0.2, 0.25) is 0 Å². The van der Waals surface area contributed by atoms with E-state index in [0.717, 1.165) is 12.2 Å². The van der Waals surface area contributed by atoms with E-state index in [1.807, 2.05) is 42.2 Å². The highest BCUT2D eigenvalue weighted by atomic mass is 79.9. The standard InChI is InChI=1S/C12H12BrN3O/c1-2-16(9-6-4-3-5-7-9)11-10(13)12(17)15-8-14-11/h3-8H,2H2,1H3,(H,14,15,17). The minimum Gasteiger partial charge on any atom is -0.326 e. The zero-order chi connectivity index (χ0) is 12.3. The molecule has 0 unspecified atom stereocenters. The first-order chi connectivity index (χ1) is 8.24. The van der Waals surface area contributed by atoms with E-state index in [2.05, 4.69) is 25.9 Å². The molecule has 2 aromatic rings. The number of aromatic amines is 1. The summed E-state index contributed by atoms with van der Waals surface area (Å²) in [5.74, 6) is 0.627. The number of hydrogen-bond acceptors (Lipinski definition) is 3. The van der Waals surface area contributed by atoms with Crippen LogP contribution in [0.15, 0.2) is 45.9 Å². The number of anilines is 2. The molecule has 17 heavy (non-hydrogen) atoms. The van der Waals surface area contributed by atoms with E-state index in [1.165, 1.54) is 6.33 Å². The molecule has 0 amide bonds. The average molecular weight is 294 g/mol. The molecule has 1 aromatic heterocycles. The van der Waals surface area contributed by atoms with Gasteiger partial charge in [0.25, 0.3) is 5.56 Å². The maximum absolute atomic E-state index is 11.5. The van der Waals surface area contributed by atoms with Gasteiger partial charge in [-0.05, 0) is 35.0 Å². The third-order valence-electron chi connectivity index (χ3n) is 2.42. The van der Waals surface area contributed by atoms with Crippen molar-refractivity contribution in [3.63, 3.8) is 0 Å². The van der Waals surface area contributed by atoms with Gasteiger partial charge in [0, 0.05) is 12.2 Å². The van der Waals surface area contributed by atoms with Crippen LogP contribution in [0.3, 0.4) is 0 Å². The summed E-state index contributed by atoms with van der Waals surface area (Å²) in [6.07, 6.45) is 1.41. The molecule has 0 aliphatic heterocycles. The van der Waals surface area contributed by atoms with Crippen LogP contribution in [0.4, 0.5) is 11.5 Å². The lowest BCUT2D eigenvalue weighted by atomic mass is 10.3. The van der Waals surface area contributed by atoms with Crippen LogP contribution in [0, 0.1) is 0 Å². The zero-order valence-corrected chi connectivity index (χ0v) is 10.9. The first kappa shape index (κ1) is 11.9. The first-order valence-electron chi connectivity index (χ1n) is 5.29. The predicted octanol–water partition coefficient (Wildman–Crippen LogP) is 2.69. The van der Waals surface area contributed by atoms with Crippen molar-refractivity contribution >= 4 is 27.4 Å². The normalized spacial score (nSPS) is 10.2. The molecule has 88 valence electrons. The lowest BCUT2D eigenvalue weighted by molar-refractivity contribution is 0.958. The van der Waals surface area contributed by atoms with Crippen molar-refractivity contribution in [2.75, 3.05) is 11.4 Å². The number of halogens is 1. The van der Waals surface area contributed by atoms with Gasteiger partial charge in [-0.2, -0.15) is 0 Å². The van der Waals surface area contributed by atoms with Crippen molar-refractivity contribution in [1.29, 1.82) is 0 Å². The Kier molecular flexibility index (Phi) is 3.58. The molecule has 4 nitrogen and oxygen atoms in total. The summed E-state index contributed by atoms with van der Waals surface area (Å²) in [6, 6.07) is 9.84. The van der Waals surface area contributed by atoms with Crippen LogP contribution < -0.4 is 10.5 Å². The molecule has 0 spiro atoms. The first-order valence-corrected chi connectivity index (χ1v) is 6.09. The quantitative estimate of drug-likeness (QED) is 0.947. The second kappa shape index (κ2) is 5.14. The van der Waals surface area contributed by atoms with E-state index in [4.69, 9.17) is 0 Å². The van der Waals surface area contributed by atoms with E-state index in [-0.39, 0.29) is 5.56 Å². The fraction of sp³-hybridized carbons (Fsp3) is 0.167. The monoisotopic (exact) mass is 293 g/mol. The summed E-state index contributed by atoms with van der Waals surface area (Å²) in [5, 5.41) is 0. The fourth-order valence-electron chi connectivity index (χ4n) is 1.62. The number of nitrogens with zero attached hydrogens (tertiary/aromatic N) is 2. The number of benzene rings is 1. The zero-order valence-electron chi connectivity index (χ0n) is 9.35. The minimum atomic E-state index is -0.176. The predicted molar refractivity (Wildman–Crippen MR) is 71.7 cm³/mol. The van der Waals surface area contributed by atoms with Gasteiger partial charge in [-0.15, -0.1) is 0 Å². The molecule has 0 atom stereocenters. The van der Waals surface area contributed by atoms with E-state index in [0.29, 0.717) is 10.3 Å². The van der Waals surface area contributed by atoms with Crippen molar-refractivity contribution in [3.8, 4) is 0 Å². The van der Waals surface area contributed by atoms with Crippen molar-refractivity contribution in [2.45, 2.75) is 6.92 Å². The molecule has 1 heterocycles. The van der Waals surface area contributed by atoms with Crippen LogP contribution in [-0.2, 0) is 0 Å². The topological polar surface area (TPSA) is 49.0 Å². The highest BCUT2D eigenvalue weighted by molar-refractivity contribution is 9.10. The molecule has 1 aromatic carbocycles. The lowest BCUT2D eigenvalue weighted by Crippen LogP contribution is -2.21. The van der Waals surface area contributed by atoms with Gasteiger partial charge in [-0.25, -0.2) is 4.98 Å². The molecule has 5 heteroatoms. The summed E-state index contributed by atoms with van der Waals surface area (Å²) < 4.78 is 0.450. The molecule has 1 N–H and O–H groups in total. The number of para-hydroxylation sites is 1. The number of aromatic nitrogens is 2. The Morgan fingerprint density at radius 3 is 2.71 bits per heavy atom. The Balaban J connectivity index is 2.50. The summed E-state index contributed by atoms with van der Waals surface area (Å²) in [4.78, 5) is 20.2. The van der Waals surface area contributed by atoms with Crippen LogP contribution in [0.25, 0.3) is 0 Å². The maximum atomic E-state index is 11.5. The molecule has 2 rings (SSSR count). The highest BCUT2D eigenvalue weighted by Gasteiger charge is 2.13. The summed E-state index contributed by atoms with van der Waals surface area (Å²) in [7, 11) is 0. The summed E-state index contributed by atoms with van der Waals surface area (Å²) in [5.41, 5.74) is 0.832. The van der Waals surface area contributed by atoms with Crippen LogP contribution in [0.1, 0.15) is 6.92 Å². The largest absolute Gasteiger partial charge is 0.326 e. The van der Waals surface area contributed by atoms with Crippen LogP contribution >= 0.6 is 15.9 Å². The molecule has 0 radical (unpaired) electrons. The van der Waals surface area contributed by atoms with Gasteiger partial charge in [0.05, 0.1) is 6.33 Å². The number of rotatable bonds is 3. The molecule has 0 fully saturated rings. The third-order valence-corrected chi connectivity index (χ3v) is 3.13. The van der Waals surface area contributed by atoms with E-state index >= 15 is 0 Å². The van der Waals surface area contributed by atoms with Crippen LogP contribution in [0.5, 0.6) is 0 Å². The average Bonchev–Trinajstić information content (AvgIpc) is 2.37. The van der Waals surface area contributed by atoms with Gasteiger partial charge in [0.15, 0.2) is 5.82 Å². The van der Waals surface area contributed by atoms with Gasteiger partial charge >= 0.3 is 0 Å². The SMILES string of the molecule is CCN(c1ccccc1)c1nc[nH]c(=O)c1Br. The van der Waals surface area contributed by atoms with Gasteiger partial charge < -0.3 is 9.88 Å². The Hall–Kier alpha value is -1.62. The molecule has 0 aliphatic rings. The molecule has 0 bridgehead atoms. The Labute approximate surface area is 107 Å². The Morgan fingerprint density at radius 2 is 2.06 bits per heavy atom. The van der Waals surface area contributed by atoms with Crippen molar-refractivity contribution < 1.29 is 0 Å². The fourth-order valence-corrected chi connectivity index (χ4v) is 2.06. The van der Waals surface area contributed by atoms with Gasteiger partial charge in [0.1, 0.15) is 4.47 Å². The molecule has 0 saturated heterocycles. The molecule has 0 saturated carbocycles. The number of nitrogens with one attached hydrogen (secondary N) is 1. The van der Waals surface area contributed by atoms with Crippen molar-refractivity contribution in [3.05, 3.63) is 51.5 Å². The maximum Gasteiger partial charge on any atom is 0.267 e. The van der Waals surface area contributed by atoms with Crippen LogP contribution in [0.2, 0.25) is 0 Å². The molecule has 0 aliphatic carbocycles. The van der Waals surface area contributed by atoms with Gasteiger partial charge in [-0.1, -0.05) is 18.2 Å². The van der Waals surface area contributed by atoms with Crippen LogP contribution in [-0.4, -0.2) is 16.5 Å². The summed E-state index contributed by atoms with van der Waals surface area (Å²) >= 11 is 3.27. The molecular weight excluding hydrogens is 282 g/mol. The Bertz CT molecular complexity index is 553. The highest BCUT2D eigenvalue weighted by Crippen LogP contribution is 2.26. The second-order valence-corrected chi connectivity index (χ2v) is 4.24. The minimum absolute atomic E-state index is 0.176. The van der Waals surface area contributed by atoms with Crippen molar-refractivity contribution in [2.24, 2.45) is 0 Å². The van der Waals surface area contributed by atoms with E-state index in [1.54, 1.807) is 0 Å². The molecular formula is C12H12BrN3O. The third kappa shape index (κ3) is 2.39. The van der Waals surface area contributed by atoms with E-state index in [9.17, 15) is 4.79 Å². The Morgan fingerprint density at radius 1 is 1.35 bits per heavy atom. The smallest absolute Gasteiger partial charge is 0.267 e. The number of H-pyrrole nitrogens is 1. The van der Waals surface area contributed by atoms with Crippen molar-refractivity contribution in [1.82, 2.24) is 9.97 Å². The lowest BCUT2D eigenvalue weighted by Gasteiger charge is -2.22.